The average molecular weight is 457 g/mol. The van der Waals surface area contributed by atoms with Crippen LogP contribution in [0.2, 0.25) is 5.02 Å². The van der Waals surface area contributed by atoms with E-state index in [4.69, 9.17) is 16.6 Å². The van der Waals surface area contributed by atoms with Crippen molar-refractivity contribution in [3.63, 3.8) is 0 Å². The lowest BCUT2D eigenvalue weighted by atomic mass is 10.0. The zero-order chi connectivity index (χ0) is 22.3. The van der Waals surface area contributed by atoms with Gasteiger partial charge in [-0.2, -0.15) is 18.3 Å². The fourth-order valence-corrected chi connectivity index (χ4v) is 3.83. The van der Waals surface area contributed by atoms with Gasteiger partial charge in [0.2, 0.25) is 0 Å². The minimum absolute atomic E-state index is 0.245. The number of anilines is 1. The van der Waals surface area contributed by atoms with Crippen molar-refractivity contribution in [2.45, 2.75) is 12.2 Å². The summed E-state index contributed by atoms with van der Waals surface area (Å²) in [4.78, 5) is 15.4. The molecular weight excluding hydrogens is 441 g/mol. The first-order chi connectivity index (χ1) is 15.4. The average Bonchev–Trinajstić information content (AvgIpc) is 3.27. The molecule has 0 unspecified atom stereocenters. The van der Waals surface area contributed by atoms with Gasteiger partial charge in [-0.1, -0.05) is 23.7 Å². The molecule has 5 rings (SSSR count). The van der Waals surface area contributed by atoms with E-state index in [-0.39, 0.29) is 6.04 Å². The lowest BCUT2D eigenvalue weighted by Crippen LogP contribution is -2.48. The number of hydrogen-bond donors (Lipinski definition) is 0. The van der Waals surface area contributed by atoms with Gasteiger partial charge in [0.15, 0.2) is 0 Å². The molecule has 0 radical (unpaired) electrons. The molecule has 4 aromatic rings. The SMILES string of the molecule is FC(F)(F)c1ccc(-c2ncc(N3CC(n4cccn4)C3)nc2-c2ccncc2Cl)cc1. The van der Waals surface area contributed by atoms with Gasteiger partial charge in [0, 0.05) is 49.0 Å². The number of pyridine rings is 1. The monoisotopic (exact) mass is 456 g/mol. The molecule has 0 spiro atoms. The molecule has 0 amide bonds. The van der Waals surface area contributed by atoms with Gasteiger partial charge in [0.1, 0.15) is 11.5 Å². The Kier molecular flexibility index (Phi) is 5.05. The lowest BCUT2D eigenvalue weighted by Gasteiger charge is -2.40. The Balaban J connectivity index is 1.52. The molecule has 1 aromatic carbocycles. The third kappa shape index (κ3) is 3.80. The summed E-state index contributed by atoms with van der Waals surface area (Å²) in [5, 5.41) is 4.65. The topological polar surface area (TPSA) is 59.7 Å². The summed E-state index contributed by atoms with van der Waals surface area (Å²) >= 11 is 6.37. The summed E-state index contributed by atoms with van der Waals surface area (Å²) in [5.74, 6) is 0.659. The Morgan fingerprint density at radius 1 is 0.969 bits per heavy atom. The quantitative estimate of drug-likeness (QED) is 0.426. The number of benzene rings is 1. The number of halogens is 4. The molecule has 32 heavy (non-hydrogen) atoms. The molecule has 1 aliphatic rings. The van der Waals surface area contributed by atoms with Crippen LogP contribution in [-0.4, -0.2) is 37.8 Å². The van der Waals surface area contributed by atoms with Crippen molar-refractivity contribution in [1.82, 2.24) is 24.7 Å². The van der Waals surface area contributed by atoms with Gasteiger partial charge in [-0.3, -0.25) is 14.6 Å². The van der Waals surface area contributed by atoms with Gasteiger partial charge < -0.3 is 4.90 Å². The highest BCUT2D eigenvalue weighted by Crippen LogP contribution is 2.37. The first-order valence-electron chi connectivity index (χ1n) is 9.79. The highest BCUT2D eigenvalue weighted by Gasteiger charge is 2.32. The summed E-state index contributed by atoms with van der Waals surface area (Å²) in [6, 6.07) is 8.69. The predicted octanol–water partition coefficient (Wildman–Crippen LogP) is 5.14. The Labute approximate surface area is 186 Å². The van der Waals surface area contributed by atoms with Crippen LogP contribution in [0, 0.1) is 0 Å². The highest BCUT2D eigenvalue weighted by atomic mass is 35.5. The Morgan fingerprint density at radius 3 is 2.41 bits per heavy atom. The van der Waals surface area contributed by atoms with Gasteiger partial charge in [0.25, 0.3) is 0 Å². The van der Waals surface area contributed by atoms with Crippen LogP contribution in [-0.2, 0) is 6.18 Å². The minimum atomic E-state index is -4.41. The van der Waals surface area contributed by atoms with Gasteiger partial charge in [-0.25, -0.2) is 4.98 Å². The molecule has 1 fully saturated rings. The van der Waals surface area contributed by atoms with E-state index in [9.17, 15) is 13.2 Å². The Morgan fingerprint density at radius 2 is 1.75 bits per heavy atom. The van der Waals surface area contributed by atoms with Crippen LogP contribution >= 0.6 is 11.6 Å². The first kappa shape index (κ1) is 20.4. The number of alkyl halides is 3. The lowest BCUT2D eigenvalue weighted by molar-refractivity contribution is -0.137. The summed E-state index contributed by atoms with van der Waals surface area (Å²) in [6.45, 7) is 1.44. The van der Waals surface area contributed by atoms with Crippen molar-refractivity contribution < 1.29 is 13.2 Å². The summed E-state index contributed by atoms with van der Waals surface area (Å²) in [5.41, 5.74) is 1.32. The molecule has 3 aromatic heterocycles. The van der Waals surface area contributed by atoms with Gasteiger partial charge in [0.05, 0.1) is 28.5 Å². The fourth-order valence-electron chi connectivity index (χ4n) is 3.62. The van der Waals surface area contributed by atoms with E-state index in [0.29, 0.717) is 33.4 Å². The van der Waals surface area contributed by atoms with Crippen molar-refractivity contribution in [2.75, 3.05) is 18.0 Å². The van der Waals surface area contributed by atoms with Crippen LogP contribution in [0.25, 0.3) is 22.5 Å². The second-order valence-electron chi connectivity index (χ2n) is 7.40. The van der Waals surface area contributed by atoms with E-state index in [1.54, 1.807) is 24.7 Å². The maximum absolute atomic E-state index is 13.0. The van der Waals surface area contributed by atoms with Crippen molar-refractivity contribution in [1.29, 1.82) is 0 Å². The van der Waals surface area contributed by atoms with Crippen LogP contribution in [0.3, 0.4) is 0 Å². The molecule has 1 aliphatic heterocycles. The van der Waals surface area contributed by atoms with Crippen molar-refractivity contribution in [3.05, 3.63) is 78.0 Å². The third-order valence-electron chi connectivity index (χ3n) is 5.36. The molecule has 0 atom stereocenters. The van der Waals surface area contributed by atoms with Crippen molar-refractivity contribution in [3.8, 4) is 22.5 Å². The largest absolute Gasteiger partial charge is 0.416 e. The molecular formula is C22H16ClF3N6. The van der Waals surface area contributed by atoms with Crippen molar-refractivity contribution in [2.24, 2.45) is 0 Å². The minimum Gasteiger partial charge on any atom is -0.351 e. The summed E-state index contributed by atoms with van der Waals surface area (Å²) in [7, 11) is 0. The predicted molar refractivity (Wildman–Crippen MR) is 114 cm³/mol. The Hall–Kier alpha value is -3.46. The second kappa shape index (κ2) is 7.90. The molecule has 6 nitrogen and oxygen atoms in total. The molecule has 162 valence electrons. The van der Waals surface area contributed by atoms with Crippen LogP contribution in [0.1, 0.15) is 11.6 Å². The number of hydrogen-bond acceptors (Lipinski definition) is 5. The van der Waals surface area contributed by atoms with Crippen LogP contribution in [0.5, 0.6) is 0 Å². The van der Waals surface area contributed by atoms with Crippen LogP contribution < -0.4 is 4.90 Å². The van der Waals surface area contributed by atoms with E-state index in [1.807, 2.05) is 16.9 Å². The van der Waals surface area contributed by atoms with Crippen LogP contribution in [0.15, 0.2) is 67.4 Å². The second-order valence-corrected chi connectivity index (χ2v) is 7.81. The van der Waals surface area contributed by atoms with Crippen molar-refractivity contribution >= 4 is 17.4 Å². The number of rotatable bonds is 4. The number of aromatic nitrogens is 5. The molecule has 4 heterocycles. The Bertz CT molecular complexity index is 1240. The van der Waals surface area contributed by atoms with Gasteiger partial charge in [-0.05, 0) is 24.3 Å². The standard InChI is InChI=1S/C22H16ClF3N6/c23-18-10-27-8-6-17(18)21-20(14-2-4-15(5-3-14)22(24,25)26)28-11-19(30-21)31-12-16(13-31)32-9-1-7-29-32/h1-11,16H,12-13H2. The molecule has 0 aliphatic carbocycles. The van der Waals surface area contributed by atoms with Crippen LogP contribution in [0.4, 0.5) is 19.0 Å². The molecule has 1 saturated heterocycles. The first-order valence-corrected chi connectivity index (χ1v) is 10.2. The zero-order valence-electron chi connectivity index (χ0n) is 16.5. The third-order valence-corrected chi connectivity index (χ3v) is 5.66. The zero-order valence-corrected chi connectivity index (χ0v) is 17.3. The maximum Gasteiger partial charge on any atom is 0.416 e. The molecule has 0 N–H and O–H groups in total. The molecule has 10 heteroatoms. The van der Waals surface area contributed by atoms with Gasteiger partial charge in [-0.15, -0.1) is 0 Å². The smallest absolute Gasteiger partial charge is 0.351 e. The van der Waals surface area contributed by atoms with E-state index in [0.717, 1.165) is 25.2 Å². The van der Waals surface area contributed by atoms with E-state index in [2.05, 4.69) is 20.0 Å². The highest BCUT2D eigenvalue weighted by molar-refractivity contribution is 6.33. The van der Waals surface area contributed by atoms with E-state index >= 15 is 0 Å². The normalized spacial score (nSPS) is 14.4. The summed E-state index contributed by atoms with van der Waals surface area (Å²) < 4.78 is 40.8. The maximum atomic E-state index is 13.0. The fraction of sp³-hybridized carbons (Fsp3) is 0.182. The van der Waals surface area contributed by atoms with E-state index < -0.39 is 11.7 Å². The molecule has 0 saturated carbocycles. The number of nitrogens with zero attached hydrogens (tertiary/aromatic N) is 6. The molecule has 0 bridgehead atoms. The van der Waals surface area contributed by atoms with Gasteiger partial charge >= 0.3 is 6.18 Å². The summed E-state index contributed by atoms with van der Waals surface area (Å²) in [6.07, 6.45) is 3.97. The van der Waals surface area contributed by atoms with E-state index in [1.165, 1.54) is 18.3 Å².